The van der Waals surface area contributed by atoms with Crippen LogP contribution in [-0.4, -0.2) is 18.6 Å². The summed E-state index contributed by atoms with van der Waals surface area (Å²) in [6, 6.07) is 77.9. The van der Waals surface area contributed by atoms with Gasteiger partial charge in [-0.05, 0) is 114 Å². The van der Waals surface area contributed by atoms with E-state index in [4.69, 9.17) is 9.47 Å². The van der Waals surface area contributed by atoms with E-state index in [0.717, 1.165) is 95.7 Å². The predicted molar refractivity (Wildman–Crippen MR) is 277 cm³/mol. The van der Waals surface area contributed by atoms with Gasteiger partial charge >= 0.3 is 0 Å². The quantitative estimate of drug-likeness (QED) is 0.161. The maximum atomic E-state index is 6.88. The maximum Gasteiger partial charge on any atom is 0.260 e. The van der Waals surface area contributed by atoms with Crippen LogP contribution in [0.25, 0.3) is 71.7 Å². The molecule has 0 saturated heterocycles. The van der Waals surface area contributed by atoms with Crippen molar-refractivity contribution in [2.75, 3.05) is 0 Å². The molecule has 0 radical (unpaired) electrons. The van der Waals surface area contributed by atoms with Gasteiger partial charge in [0, 0.05) is 59.1 Å². The first-order valence-corrected chi connectivity index (χ1v) is 24.5. The molecular formula is C60H38BN3O2S. The van der Waals surface area contributed by atoms with Crippen molar-refractivity contribution in [3.63, 3.8) is 0 Å². The van der Waals surface area contributed by atoms with E-state index in [1.165, 1.54) is 38.3 Å². The maximum absolute atomic E-state index is 6.88. The molecule has 3 aliphatic rings. The monoisotopic (exact) mass is 875 g/mol. The molecule has 5 nitrogen and oxygen atoms in total. The van der Waals surface area contributed by atoms with Crippen LogP contribution in [0.2, 0.25) is 0 Å². The van der Waals surface area contributed by atoms with Crippen molar-refractivity contribution in [1.29, 1.82) is 0 Å². The molecule has 0 bridgehead atoms. The van der Waals surface area contributed by atoms with E-state index < -0.39 is 10.6 Å². The number of hydrogen-bond acceptors (Lipinski definition) is 2. The molecule has 12 aromatic rings. The molecule has 1 unspecified atom stereocenters. The Morgan fingerprint density at radius 1 is 0.478 bits per heavy atom. The number of benzene rings is 8. The molecule has 9 aromatic carbocycles. The van der Waals surface area contributed by atoms with Crippen LogP contribution in [-0.2, 0) is 6.42 Å². The average Bonchev–Trinajstić information content (AvgIpc) is 4.04. The number of nitrogens with zero attached hydrogens (tertiary/aromatic N) is 3. The van der Waals surface area contributed by atoms with Crippen molar-refractivity contribution in [3.8, 4) is 34.1 Å². The summed E-state index contributed by atoms with van der Waals surface area (Å²) in [7, 11) is -2.69. The lowest BCUT2D eigenvalue weighted by molar-refractivity contribution is 0.465. The first kappa shape index (κ1) is 37.0. The number of para-hydroxylation sites is 6. The van der Waals surface area contributed by atoms with Crippen molar-refractivity contribution in [2.24, 2.45) is 0 Å². The van der Waals surface area contributed by atoms with Crippen LogP contribution in [0.1, 0.15) is 17.7 Å². The zero-order chi connectivity index (χ0) is 43.8. The largest absolute Gasteiger partial charge is 0.458 e. The van der Waals surface area contributed by atoms with Crippen LogP contribution in [0.3, 0.4) is 0 Å². The van der Waals surface area contributed by atoms with Gasteiger partial charge in [-0.25, -0.2) is 0 Å². The second kappa shape index (κ2) is 13.9. The van der Waals surface area contributed by atoms with Gasteiger partial charge in [-0.3, -0.25) is 11.9 Å². The lowest BCUT2D eigenvalue weighted by Gasteiger charge is -2.47. The molecule has 67 heavy (non-hydrogen) atoms. The second-order valence-electron chi connectivity index (χ2n) is 17.8. The SMILES string of the molecule is c1ccc2c3ccccc3n(S(c3cccc(-c4cc5c6c(c4)Oc4ccccc4B6c4ccccc4O5)c3)(n3c4c(c5ccccc53)C=CCC4)n3c4ccccc4c4ccccc43)c2c#1. The first-order chi connectivity index (χ1) is 33.3. The topological polar surface area (TPSA) is 33.2 Å². The highest BCUT2D eigenvalue weighted by molar-refractivity contribution is 8.30. The Hall–Kier alpha value is -8.31. The summed E-state index contributed by atoms with van der Waals surface area (Å²) in [6.45, 7) is -0.00159. The van der Waals surface area contributed by atoms with Gasteiger partial charge in [0.05, 0.1) is 22.1 Å². The summed E-state index contributed by atoms with van der Waals surface area (Å²) in [6.07, 6.45) is 6.54. The summed E-state index contributed by atoms with van der Waals surface area (Å²) < 4.78 is 21.9. The van der Waals surface area contributed by atoms with Gasteiger partial charge < -0.3 is 9.47 Å². The Morgan fingerprint density at radius 2 is 1.04 bits per heavy atom. The van der Waals surface area contributed by atoms with Crippen molar-refractivity contribution in [1.82, 2.24) is 11.9 Å². The molecule has 5 heterocycles. The third-order valence-corrected chi connectivity index (χ3v) is 17.9. The highest BCUT2D eigenvalue weighted by Gasteiger charge is 2.43. The molecule has 0 fully saturated rings. The fourth-order valence-electron chi connectivity index (χ4n) is 11.6. The Bertz CT molecular complexity index is 3810. The lowest BCUT2D eigenvalue weighted by atomic mass is 9.35. The summed E-state index contributed by atoms with van der Waals surface area (Å²) in [5.41, 5.74) is 13.7. The summed E-state index contributed by atoms with van der Waals surface area (Å²) >= 11 is 0. The van der Waals surface area contributed by atoms with Crippen molar-refractivity contribution in [2.45, 2.75) is 17.7 Å². The van der Waals surface area contributed by atoms with Gasteiger partial charge in [0.25, 0.3) is 6.71 Å². The Balaban J connectivity index is 1.11. The minimum absolute atomic E-state index is 0.00159. The molecular weight excluding hydrogens is 838 g/mol. The fraction of sp³-hybridized carbons (Fsp3) is 0.0333. The Kier molecular flexibility index (Phi) is 7.65. The molecule has 0 spiro atoms. The van der Waals surface area contributed by atoms with Crippen molar-refractivity contribution in [3.05, 3.63) is 224 Å². The van der Waals surface area contributed by atoms with E-state index in [0.29, 0.717) is 0 Å². The second-order valence-corrected chi connectivity index (χ2v) is 20.4. The molecule has 7 heteroatoms. The Morgan fingerprint density at radius 3 is 1.72 bits per heavy atom. The van der Waals surface area contributed by atoms with Crippen LogP contribution < -0.4 is 25.9 Å². The molecule has 1 atom stereocenters. The normalized spacial score (nSPS) is 13.8. The Labute approximate surface area is 389 Å². The zero-order valence-corrected chi connectivity index (χ0v) is 37.0. The van der Waals surface area contributed by atoms with Crippen molar-refractivity contribution >= 4 is 94.3 Å². The highest BCUT2D eigenvalue weighted by atomic mass is 32.3. The molecule has 1 aliphatic carbocycles. The number of aromatic nitrogens is 3. The molecule has 0 saturated carbocycles. The van der Waals surface area contributed by atoms with Crippen LogP contribution in [0.15, 0.2) is 205 Å². The van der Waals surface area contributed by atoms with E-state index in [-0.39, 0.29) is 6.71 Å². The molecule has 0 amide bonds. The average molecular weight is 876 g/mol. The van der Waals surface area contributed by atoms with Gasteiger partial charge in [0.1, 0.15) is 28.5 Å². The molecule has 15 rings (SSSR count). The number of ether oxygens (including phenoxy) is 2. The van der Waals surface area contributed by atoms with Gasteiger partial charge in [-0.15, -0.1) is 0 Å². The molecule has 0 N–H and O–H groups in total. The van der Waals surface area contributed by atoms with E-state index in [1.807, 2.05) is 6.07 Å². The standard InChI is InChI=1S/C60H38BN3O2S/c1-9-28-50-42(20-1)43-21-2-10-29-51(43)62(50)67(63-52-30-11-3-22-44(52)45-23-4-12-31-53(45)63,64-54-32-13-5-24-46(54)47-25-6-14-33-55(47)64)41-19-17-18-39(36-41)40-37-58-60-59(38-40)66-57-35-16-8-27-49(57)61(60)48-26-7-15-34-56(48)65-58/h1-11,13,15-30,32,34-38H,12,31H2. The molecule has 3 aromatic heterocycles. The van der Waals surface area contributed by atoms with Crippen LogP contribution in [0, 0.1) is 12.1 Å². The van der Waals surface area contributed by atoms with Gasteiger partial charge in [0.15, 0.2) is 0 Å². The van der Waals surface area contributed by atoms with E-state index in [9.17, 15) is 0 Å². The molecule has 314 valence electrons. The van der Waals surface area contributed by atoms with E-state index in [2.05, 4.69) is 224 Å². The summed E-state index contributed by atoms with van der Waals surface area (Å²) in [5, 5.41) is 6.00. The van der Waals surface area contributed by atoms with Crippen molar-refractivity contribution < 1.29 is 9.47 Å². The third-order valence-electron chi connectivity index (χ3n) is 14.3. The minimum Gasteiger partial charge on any atom is -0.458 e. The van der Waals surface area contributed by atoms with Gasteiger partial charge in [0.2, 0.25) is 0 Å². The highest BCUT2D eigenvalue weighted by Crippen LogP contribution is 2.67. The fourth-order valence-corrected chi connectivity index (χ4v) is 15.9. The first-order valence-electron chi connectivity index (χ1n) is 23.0. The summed E-state index contributed by atoms with van der Waals surface area (Å²) in [4.78, 5) is 1.16. The van der Waals surface area contributed by atoms with Crippen LogP contribution in [0.5, 0.6) is 23.0 Å². The van der Waals surface area contributed by atoms with Gasteiger partial charge in [-0.1, -0.05) is 140 Å². The number of fused-ring (bicyclic) bond motifs is 13. The predicted octanol–water partition coefficient (Wildman–Crippen LogP) is 13.4. The van der Waals surface area contributed by atoms with Crippen LogP contribution in [0.4, 0.5) is 0 Å². The minimum atomic E-state index is -2.69. The smallest absolute Gasteiger partial charge is 0.260 e. The lowest BCUT2D eigenvalue weighted by Crippen LogP contribution is -2.57. The van der Waals surface area contributed by atoms with E-state index in [1.54, 1.807) is 0 Å². The summed E-state index contributed by atoms with van der Waals surface area (Å²) in [5.74, 6) is 3.39. The number of rotatable bonds is 5. The van der Waals surface area contributed by atoms with Gasteiger partial charge in [-0.2, -0.15) is 0 Å². The zero-order valence-electron chi connectivity index (χ0n) is 36.2. The number of allylic oxidation sites excluding steroid dienone is 1. The number of hydrogen-bond donors (Lipinski definition) is 0. The molecule has 2 aliphatic heterocycles. The van der Waals surface area contributed by atoms with E-state index >= 15 is 0 Å². The van der Waals surface area contributed by atoms with Crippen LogP contribution >= 0.6 is 10.6 Å². The third kappa shape index (κ3) is 4.97.